The minimum absolute atomic E-state index is 0.0558. The summed E-state index contributed by atoms with van der Waals surface area (Å²) in [6.07, 6.45) is 5.63. The van der Waals surface area contributed by atoms with Crippen LogP contribution in [0.2, 0.25) is 0 Å². The predicted molar refractivity (Wildman–Crippen MR) is 117 cm³/mol. The van der Waals surface area contributed by atoms with Crippen LogP contribution in [0, 0.1) is 0 Å². The molecule has 0 radical (unpaired) electrons. The summed E-state index contributed by atoms with van der Waals surface area (Å²) in [4.78, 5) is 27.7. The van der Waals surface area contributed by atoms with Crippen molar-refractivity contribution >= 4 is 17.5 Å². The maximum absolute atomic E-state index is 13.1. The number of benzene rings is 2. The van der Waals surface area contributed by atoms with Crippen molar-refractivity contribution in [1.29, 1.82) is 0 Å². The van der Waals surface area contributed by atoms with Crippen LogP contribution in [0.4, 0.5) is 5.69 Å². The molecule has 2 amide bonds. The Morgan fingerprint density at radius 1 is 1.00 bits per heavy atom. The Hall–Kier alpha value is -2.86. The molecule has 0 spiro atoms. The van der Waals surface area contributed by atoms with E-state index in [0.717, 1.165) is 25.7 Å². The van der Waals surface area contributed by atoms with Crippen molar-refractivity contribution in [2.24, 2.45) is 0 Å². The maximum atomic E-state index is 13.1. The van der Waals surface area contributed by atoms with Crippen molar-refractivity contribution in [2.45, 2.75) is 38.1 Å². The lowest BCUT2D eigenvalue weighted by atomic mass is 9.94. The van der Waals surface area contributed by atoms with Gasteiger partial charge in [0.1, 0.15) is 12.4 Å². The van der Waals surface area contributed by atoms with Crippen LogP contribution in [0.3, 0.4) is 0 Å². The summed E-state index contributed by atoms with van der Waals surface area (Å²) < 4.78 is 10.5. The number of carbonyl (C=O) groups excluding carboxylic acids is 2. The number of rotatable bonds is 8. The number of carbonyl (C=O) groups is 2. The third-order valence-corrected chi connectivity index (χ3v) is 5.52. The molecule has 1 N–H and O–H groups in total. The van der Waals surface area contributed by atoms with Gasteiger partial charge in [-0.2, -0.15) is 0 Å². The fourth-order valence-electron chi connectivity index (χ4n) is 3.74. The molecule has 1 fully saturated rings. The molecule has 3 rings (SSSR count). The summed E-state index contributed by atoms with van der Waals surface area (Å²) in [7, 11) is 3.48. The minimum atomic E-state index is -0.265. The number of ether oxygens (including phenoxy) is 2. The largest absolute Gasteiger partial charge is 0.491 e. The number of anilines is 1. The number of nitrogens with zero attached hydrogens (tertiary/aromatic N) is 1. The first-order chi connectivity index (χ1) is 14.6. The Bertz CT molecular complexity index is 845. The lowest BCUT2D eigenvalue weighted by Crippen LogP contribution is -2.38. The number of hydrogen-bond donors (Lipinski definition) is 1. The molecule has 6 nitrogen and oxygen atoms in total. The average Bonchev–Trinajstić information content (AvgIpc) is 2.79. The molecule has 6 heteroatoms. The van der Waals surface area contributed by atoms with Crippen LogP contribution in [0.15, 0.2) is 48.5 Å². The summed E-state index contributed by atoms with van der Waals surface area (Å²) >= 11 is 0. The molecular weight excluding hydrogens is 380 g/mol. The summed E-state index contributed by atoms with van der Waals surface area (Å²) in [6.45, 7) is 0.953. The normalized spacial score (nSPS) is 14.2. The summed E-state index contributed by atoms with van der Waals surface area (Å²) in [6, 6.07) is 14.3. The zero-order chi connectivity index (χ0) is 21.3. The lowest BCUT2D eigenvalue weighted by molar-refractivity contribution is 0.0697. The number of para-hydroxylation sites is 1. The van der Waals surface area contributed by atoms with E-state index in [4.69, 9.17) is 9.47 Å². The second-order valence-electron chi connectivity index (χ2n) is 7.57. The van der Waals surface area contributed by atoms with E-state index >= 15 is 0 Å². The first kappa shape index (κ1) is 21.8. The van der Waals surface area contributed by atoms with Gasteiger partial charge >= 0.3 is 0 Å². The Morgan fingerprint density at radius 2 is 1.70 bits per heavy atom. The second-order valence-corrected chi connectivity index (χ2v) is 7.57. The van der Waals surface area contributed by atoms with Gasteiger partial charge in [-0.05, 0) is 49.2 Å². The average molecular weight is 411 g/mol. The van der Waals surface area contributed by atoms with Crippen LogP contribution in [0.25, 0.3) is 0 Å². The molecule has 160 valence electrons. The molecule has 0 saturated heterocycles. The van der Waals surface area contributed by atoms with Crippen molar-refractivity contribution in [2.75, 3.05) is 32.7 Å². The molecule has 0 heterocycles. The van der Waals surface area contributed by atoms with Gasteiger partial charge in [-0.15, -0.1) is 0 Å². The molecule has 0 bridgehead atoms. The van der Waals surface area contributed by atoms with Gasteiger partial charge in [0.25, 0.3) is 11.8 Å². The van der Waals surface area contributed by atoms with Gasteiger partial charge in [0.05, 0.1) is 17.9 Å². The van der Waals surface area contributed by atoms with Crippen molar-refractivity contribution in [3.05, 3.63) is 59.7 Å². The van der Waals surface area contributed by atoms with Gasteiger partial charge in [0.2, 0.25) is 0 Å². The van der Waals surface area contributed by atoms with Crippen LogP contribution in [0.1, 0.15) is 52.8 Å². The lowest BCUT2D eigenvalue weighted by Gasteiger charge is -2.31. The Morgan fingerprint density at radius 3 is 2.40 bits per heavy atom. The molecule has 1 aliphatic rings. The summed E-state index contributed by atoms with van der Waals surface area (Å²) in [5.41, 5.74) is 1.53. The SMILES string of the molecule is COCCOc1ccc(C(=O)Nc2ccccc2C(=O)N(C)C2CCCCC2)cc1. The highest BCUT2D eigenvalue weighted by Crippen LogP contribution is 2.25. The fraction of sp³-hybridized carbons (Fsp3) is 0.417. The number of amides is 2. The third-order valence-electron chi connectivity index (χ3n) is 5.52. The van der Waals surface area contributed by atoms with E-state index in [9.17, 15) is 9.59 Å². The van der Waals surface area contributed by atoms with Gasteiger partial charge in [0.15, 0.2) is 0 Å². The molecule has 1 saturated carbocycles. The van der Waals surface area contributed by atoms with Gasteiger partial charge in [-0.1, -0.05) is 31.4 Å². The maximum Gasteiger partial charge on any atom is 0.255 e. The van der Waals surface area contributed by atoms with Crippen molar-refractivity contribution in [3.8, 4) is 5.75 Å². The van der Waals surface area contributed by atoms with E-state index in [1.807, 2.05) is 24.1 Å². The van der Waals surface area contributed by atoms with Gasteiger partial charge < -0.3 is 19.7 Å². The van der Waals surface area contributed by atoms with Crippen LogP contribution in [-0.2, 0) is 4.74 Å². The van der Waals surface area contributed by atoms with Crippen LogP contribution < -0.4 is 10.1 Å². The van der Waals surface area contributed by atoms with Crippen LogP contribution in [0.5, 0.6) is 5.75 Å². The molecule has 1 aliphatic carbocycles. The monoisotopic (exact) mass is 410 g/mol. The van der Waals surface area contributed by atoms with Gasteiger partial charge in [-0.25, -0.2) is 0 Å². The van der Waals surface area contributed by atoms with E-state index < -0.39 is 0 Å². The Kier molecular flexibility index (Phi) is 7.85. The molecule has 0 atom stereocenters. The fourth-order valence-corrected chi connectivity index (χ4v) is 3.74. The van der Waals surface area contributed by atoms with E-state index in [-0.39, 0.29) is 17.9 Å². The number of nitrogens with one attached hydrogen (secondary N) is 1. The molecule has 0 unspecified atom stereocenters. The van der Waals surface area contributed by atoms with Crippen molar-refractivity contribution in [3.63, 3.8) is 0 Å². The van der Waals surface area contributed by atoms with E-state index in [1.165, 1.54) is 6.42 Å². The first-order valence-electron chi connectivity index (χ1n) is 10.5. The highest BCUT2D eigenvalue weighted by Gasteiger charge is 2.25. The smallest absolute Gasteiger partial charge is 0.255 e. The van der Waals surface area contributed by atoms with Gasteiger partial charge in [-0.3, -0.25) is 9.59 Å². The topological polar surface area (TPSA) is 67.9 Å². The highest BCUT2D eigenvalue weighted by molar-refractivity contribution is 6.09. The number of methoxy groups -OCH3 is 1. The molecule has 2 aromatic rings. The zero-order valence-corrected chi connectivity index (χ0v) is 17.7. The molecule has 2 aromatic carbocycles. The van der Waals surface area contributed by atoms with Crippen LogP contribution >= 0.6 is 0 Å². The Balaban J connectivity index is 1.68. The molecular formula is C24H30N2O4. The highest BCUT2D eigenvalue weighted by atomic mass is 16.5. The molecule has 30 heavy (non-hydrogen) atoms. The Labute approximate surface area is 178 Å². The van der Waals surface area contributed by atoms with E-state index in [1.54, 1.807) is 43.5 Å². The number of hydrogen-bond acceptors (Lipinski definition) is 4. The molecule has 0 aromatic heterocycles. The van der Waals surface area contributed by atoms with Crippen molar-refractivity contribution in [1.82, 2.24) is 4.90 Å². The second kappa shape index (κ2) is 10.8. The third kappa shape index (κ3) is 5.60. The summed E-state index contributed by atoms with van der Waals surface area (Å²) in [5, 5.41) is 2.89. The van der Waals surface area contributed by atoms with E-state index in [2.05, 4.69) is 5.32 Å². The summed E-state index contributed by atoms with van der Waals surface area (Å²) in [5.74, 6) is 0.354. The minimum Gasteiger partial charge on any atom is -0.491 e. The quantitative estimate of drug-likeness (QED) is 0.656. The predicted octanol–water partition coefficient (Wildman–Crippen LogP) is 4.37. The first-order valence-corrected chi connectivity index (χ1v) is 10.5. The van der Waals surface area contributed by atoms with Crippen LogP contribution in [-0.4, -0.2) is 50.1 Å². The molecule has 0 aliphatic heterocycles. The van der Waals surface area contributed by atoms with E-state index in [0.29, 0.717) is 35.8 Å². The zero-order valence-electron chi connectivity index (χ0n) is 17.7. The van der Waals surface area contributed by atoms with Gasteiger partial charge in [0, 0.05) is 25.8 Å². The van der Waals surface area contributed by atoms with Crippen molar-refractivity contribution < 1.29 is 19.1 Å². The standard InChI is InChI=1S/C24H30N2O4/c1-26(19-8-4-3-5-9-19)24(28)21-10-6-7-11-22(21)25-23(27)18-12-14-20(15-13-18)30-17-16-29-2/h6-7,10-15,19H,3-5,8-9,16-17H2,1-2H3,(H,25,27).